The van der Waals surface area contributed by atoms with Crippen LogP contribution in [0.1, 0.15) is 11.1 Å². The third-order valence-electron chi connectivity index (χ3n) is 5.50. The molecule has 0 aliphatic heterocycles. The molecule has 8 heteroatoms. The number of aromatic nitrogens is 2. The van der Waals surface area contributed by atoms with Crippen LogP contribution in [-0.2, 0) is 22.7 Å². The van der Waals surface area contributed by atoms with E-state index in [-0.39, 0.29) is 18.9 Å². The van der Waals surface area contributed by atoms with Crippen molar-refractivity contribution in [3.63, 3.8) is 0 Å². The minimum Gasteiger partial charge on any atom is -0.497 e. The predicted molar refractivity (Wildman–Crippen MR) is 133 cm³/mol. The van der Waals surface area contributed by atoms with E-state index >= 15 is 0 Å². The average Bonchev–Trinajstić information content (AvgIpc) is 3.32. The summed E-state index contributed by atoms with van der Waals surface area (Å²) in [7, 11) is 1.59. The smallest absolute Gasteiger partial charge is 0.328 e. The number of carbonyl (C=O) groups is 2. The number of ether oxygens (including phenoxy) is 1. The van der Waals surface area contributed by atoms with Crippen molar-refractivity contribution in [1.29, 1.82) is 0 Å². The number of hydrogen-bond acceptors (Lipinski definition) is 4. The Labute approximate surface area is 207 Å². The van der Waals surface area contributed by atoms with Crippen molar-refractivity contribution >= 4 is 11.9 Å². The van der Waals surface area contributed by atoms with Gasteiger partial charge in [0, 0.05) is 36.0 Å². The summed E-state index contributed by atoms with van der Waals surface area (Å²) in [5.74, 6) is -1.39. The monoisotopic (exact) mass is 485 g/mol. The standard InChI is InChI=1S/C28H24FN3O4/c1-36-25-13-9-21(10-14-25)28-22(19-32(30-28)24-5-3-2-4-6-24)18-31(26(33)15-16-27(34)35)17-20-7-11-23(29)12-8-20/h2-16,19H,17-18H2,1H3,(H,34,35). The second-order valence-corrected chi connectivity index (χ2v) is 8.00. The van der Waals surface area contributed by atoms with Crippen LogP contribution in [-0.4, -0.2) is 38.8 Å². The lowest BCUT2D eigenvalue weighted by Gasteiger charge is -2.21. The third kappa shape index (κ3) is 6.04. The highest BCUT2D eigenvalue weighted by molar-refractivity contribution is 5.94. The van der Waals surface area contributed by atoms with Crippen LogP contribution in [0.15, 0.2) is 97.2 Å². The van der Waals surface area contributed by atoms with Crippen molar-refractivity contribution in [3.8, 4) is 22.7 Å². The summed E-state index contributed by atoms with van der Waals surface area (Å²) in [4.78, 5) is 25.5. The molecule has 4 rings (SSSR count). The number of aliphatic carboxylic acids is 1. The average molecular weight is 486 g/mol. The predicted octanol–water partition coefficient (Wildman–Crippen LogP) is 4.86. The fourth-order valence-electron chi connectivity index (χ4n) is 3.71. The highest BCUT2D eigenvalue weighted by Gasteiger charge is 2.19. The largest absolute Gasteiger partial charge is 0.497 e. The number of carbonyl (C=O) groups excluding carboxylic acids is 1. The van der Waals surface area contributed by atoms with E-state index in [1.165, 1.54) is 17.0 Å². The summed E-state index contributed by atoms with van der Waals surface area (Å²) >= 11 is 0. The summed E-state index contributed by atoms with van der Waals surface area (Å²) in [6.45, 7) is 0.302. The van der Waals surface area contributed by atoms with Crippen LogP contribution in [0.25, 0.3) is 16.9 Å². The van der Waals surface area contributed by atoms with Gasteiger partial charge in [-0.15, -0.1) is 0 Å². The van der Waals surface area contributed by atoms with Gasteiger partial charge in [-0.2, -0.15) is 5.10 Å². The molecular weight excluding hydrogens is 461 g/mol. The maximum absolute atomic E-state index is 13.4. The molecule has 3 aromatic carbocycles. The van der Waals surface area contributed by atoms with E-state index in [1.807, 2.05) is 60.8 Å². The molecule has 0 aliphatic carbocycles. The van der Waals surface area contributed by atoms with Crippen molar-refractivity contribution in [3.05, 3.63) is 114 Å². The van der Waals surface area contributed by atoms with Gasteiger partial charge in [-0.25, -0.2) is 13.9 Å². The van der Waals surface area contributed by atoms with Crippen LogP contribution < -0.4 is 4.74 Å². The van der Waals surface area contributed by atoms with Crippen molar-refractivity contribution in [1.82, 2.24) is 14.7 Å². The third-order valence-corrected chi connectivity index (χ3v) is 5.50. The number of amides is 1. The van der Waals surface area contributed by atoms with Crippen LogP contribution in [0.5, 0.6) is 5.75 Å². The lowest BCUT2D eigenvalue weighted by atomic mass is 10.1. The van der Waals surface area contributed by atoms with Gasteiger partial charge in [0.05, 0.1) is 25.0 Å². The van der Waals surface area contributed by atoms with E-state index in [2.05, 4.69) is 0 Å². The first-order valence-electron chi connectivity index (χ1n) is 11.2. The molecule has 0 unspecified atom stereocenters. The Balaban J connectivity index is 1.74. The van der Waals surface area contributed by atoms with Gasteiger partial charge in [0.25, 0.3) is 0 Å². The highest BCUT2D eigenvalue weighted by atomic mass is 19.1. The molecule has 0 spiro atoms. The molecule has 0 radical (unpaired) electrons. The fourth-order valence-corrected chi connectivity index (χ4v) is 3.71. The van der Waals surface area contributed by atoms with E-state index < -0.39 is 11.9 Å². The van der Waals surface area contributed by atoms with Crippen molar-refractivity contribution in [2.24, 2.45) is 0 Å². The van der Waals surface area contributed by atoms with E-state index in [0.717, 1.165) is 29.0 Å². The zero-order valence-corrected chi connectivity index (χ0v) is 19.5. The van der Waals surface area contributed by atoms with Gasteiger partial charge in [0.1, 0.15) is 11.6 Å². The summed E-state index contributed by atoms with van der Waals surface area (Å²) in [6.07, 6.45) is 3.67. The Hall–Kier alpha value is -4.72. The number of carboxylic acid groups (broad SMARTS) is 1. The van der Waals surface area contributed by atoms with Gasteiger partial charge in [-0.3, -0.25) is 4.79 Å². The lowest BCUT2D eigenvalue weighted by molar-refractivity contribution is -0.132. The number of halogens is 1. The number of rotatable bonds is 9. The lowest BCUT2D eigenvalue weighted by Crippen LogP contribution is -2.28. The van der Waals surface area contributed by atoms with Gasteiger partial charge in [-0.1, -0.05) is 30.3 Å². The van der Waals surface area contributed by atoms with E-state index in [9.17, 15) is 14.0 Å². The topological polar surface area (TPSA) is 84.7 Å². The molecule has 0 bridgehead atoms. The van der Waals surface area contributed by atoms with Gasteiger partial charge in [0.15, 0.2) is 0 Å². The van der Waals surface area contributed by atoms with Crippen molar-refractivity contribution in [2.75, 3.05) is 7.11 Å². The maximum atomic E-state index is 13.4. The first-order valence-corrected chi connectivity index (χ1v) is 11.2. The van der Waals surface area contributed by atoms with Crippen LogP contribution in [0.2, 0.25) is 0 Å². The molecular formula is C28H24FN3O4. The molecule has 0 aliphatic rings. The molecule has 1 aromatic heterocycles. The van der Waals surface area contributed by atoms with Crippen LogP contribution in [0.3, 0.4) is 0 Å². The van der Waals surface area contributed by atoms with E-state index in [0.29, 0.717) is 17.0 Å². The second kappa shape index (κ2) is 11.1. The number of hydrogen-bond donors (Lipinski definition) is 1. The van der Waals surface area contributed by atoms with Crippen LogP contribution in [0, 0.1) is 5.82 Å². The Morgan fingerprint density at radius 2 is 1.67 bits per heavy atom. The van der Waals surface area contributed by atoms with Crippen molar-refractivity contribution < 1.29 is 23.8 Å². The second-order valence-electron chi connectivity index (χ2n) is 8.00. The fraction of sp³-hybridized carbons (Fsp3) is 0.107. The summed E-state index contributed by atoms with van der Waals surface area (Å²) < 4.78 is 20.4. The van der Waals surface area contributed by atoms with Crippen molar-refractivity contribution in [2.45, 2.75) is 13.1 Å². The SMILES string of the molecule is COc1ccc(-c2nn(-c3ccccc3)cc2CN(Cc2ccc(F)cc2)C(=O)C=CC(=O)O)cc1. The van der Waals surface area contributed by atoms with Crippen LogP contribution >= 0.6 is 0 Å². The minimum absolute atomic E-state index is 0.147. The molecule has 36 heavy (non-hydrogen) atoms. The first kappa shape index (κ1) is 24.4. The van der Waals surface area contributed by atoms with Gasteiger partial charge < -0.3 is 14.7 Å². The Morgan fingerprint density at radius 1 is 0.972 bits per heavy atom. The Morgan fingerprint density at radius 3 is 2.31 bits per heavy atom. The van der Waals surface area contributed by atoms with Gasteiger partial charge in [-0.05, 0) is 54.1 Å². The highest BCUT2D eigenvalue weighted by Crippen LogP contribution is 2.27. The molecule has 4 aromatic rings. The molecule has 0 saturated heterocycles. The number of para-hydroxylation sites is 1. The Bertz CT molecular complexity index is 1360. The first-order chi connectivity index (χ1) is 17.4. The van der Waals surface area contributed by atoms with Crippen LogP contribution in [0.4, 0.5) is 4.39 Å². The molecule has 1 amide bonds. The zero-order chi connectivity index (χ0) is 25.5. The summed E-state index contributed by atoms with van der Waals surface area (Å²) in [5.41, 5.74) is 3.80. The maximum Gasteiger partial charge on any atom is 0.328 e. The molecule has 1 N–H and O–H groups in total. The Kier molecular flexibility index (Phi) is 7.55. The minimum atomic E-state index is -1.22. The molecule has 0 saturated carbocycles. The molecule has 1 heterocycles. The zero-order valence-electron chi connectivity index (χ0n) is 19.5. The number of carboxylic acids is 1. The summed E-state index contributed by atoms with van der Waals surface area (Å²) in [6, 6.07) is 22.8. The normalized spacial score (nSPS) is 10.9. The summed E-state index contributed by atoms with van der Waals surface area (Å²) in [5, 5.41) is 13.8. The van der Waals surface area contributed by atoms with Gasteiger partial charge in [0.2, 0.25) is 5.91 Å². The number of methoxy groups -OCH3 is 1. The van der Waals surface area contributed by atoms with E-state index in [1.54, 1.807) is 23.9 Å². The number of benzene rings is 3. The quantitative estimate of drug-likeness (QED) is 0.343. The van der Waals surface area contributed by atoms with E-state index in [4.69, 9.17) is 14.9 Å². The molecule has 182 valence electrons. The van der Waals surface area contributed by atoms with Gasteiger partial charge >= 0.3 is 5.97 Å². The molecule has 7 nitrogen and oxygen atoms in total. The number of nitrogens with zero attached hydrogens (tertiary/aromatic N) is 3. The molecule has 0 atom stereocenters. The molecule has 0 fully saturated rings.